The van der Waals surface area contributed by atoms with Crippen molar-refractivity contribution in [3.8, 4) is 0 Å². The molecule has 0 saturated carbocycles. The molecule has 3 heterocycles. The first-order valence-electron chi connectivity index (χ1n) is 8.43. The van der Waals surface area contributed by atoms with Crippen LogP contribution in [-0.2, 0) is 13.6 Å². The number of rotatable bonds is 4. The van der Waals surface area contributed by atoms with Crippen LogP contribution in [0.25, 0.3) is 0 Å². The Balaban J connectivity index is 1.79. The van der Waals surface area contributed by atoms with Crippen molar-refractivity contribution in [2.45, 2.75) is 45.7 Å². The Morgan fingerprint density at radius 1 is 1.24 bits per heavy atom. The smallest absolute Gasteiger partial charge is 0.131 e. The van der Waals surface area contributed by atoms with Crippen LogP contribution < -0.4 is 10.2 Å². The molecule has 5 nitrogen and oxygen atoms in total. The summed E-state index contributed by atoms with van der Waals surface area (Å²) in [6.07, 6.45) is 4.13. The lowest BCUT2D eigenvalue weighted by atomic mass is 9.99. The van der Waals surface area contributed by atoms with E-state index in [2.05, 4.69) is 45.8 Å². The van der Waals surface area contributed by atoms with E-state index < -0.39 is 0 Å². The third-order valence-electron chi connectivity index (χ3n) is 5.00. The van der Waals surface area contributed by atoms with E-state index in [0.717, 1.165) is 32.2 Å². The molecule has 1 unspecified atom stereocenters. The lowest BCUT2D eigenvalue weighted by Crippen LogP contribution is -2.55. The average Bonchev–Trinajstić information content (AvgIpc) is 2.78. The molecule has 0 bridgehead atoms. The molecular formula is C16H29N5. The third-order valence-corrected chi connectivity index (χ3v) is 5.00. The Hall–Kier alpha value is -1.07. The molecule has 2 aliphatic heterocycles. The highest BCUT2D eigenvalue weighted by Gasteiger charge is 2.31. The number of hydrogen-bond acceptors (Lipinski definition) is 4. The van der Waals surface area contributed by atoms with Crippen molar-refractivity contribution in [2.75, 3.05) is 37.6 Å². The number of piperazine rings is 1. The molecule has 2 saturated heterocycles. The van der Waals surface area contributed by atoms with Crippen molar-refractivity contribution in [1.82, 2.24) is 20.0 Å². The van der Waals surface area contributed by atoms with Crippen molar-refractivity contribution in [2.24, 2.45) is 7.05 Å². The van der Waals surface area contributed by atoms with Crippen molar-refractivity contribution in [1.29, 1.82) is 0 Å². The summed E-state index contributed by atoms with van der Waals surface area (Å²) < 4.78 is 2.08. The van der Waals surface area contributed by atoms with Gasteiger partial charge in [0.1, 0.15) is 5.82 Å². The highest BCUT2D eigenvalue weighted by atomic mass is 15.4. The van der Waals surface area contributed by atoms with Gasteiger partial charge in [-0.05, 0) is 32.9 Å². The fourth-order valence-electron chi connectivity index (χ4n) is 3.89. The van der Waals surface area contributed by atoms with Gasteiger partial charge in [0, 0.05) is 44.8 Å². The number of piperidine rings is 1. The minimum absolute atomic E-state index is 0.745. The molecule has 118 valence electrons. The molecule has 0 amide bonds. The molecule has 0 aromatic carbocycles. The van der Waals surface area contributed by atoms with Gasteiger partial charge in [-0.1, -0.05) is 13.3 Å². The fraction of sp³-hybridized carbons (Fsp3) is 0.812. The SMILES string of the molecule is CCNCc1c(C)nn(C)c1N1CCN2CCCCC2C1. The summed E-state index contributed by atoms with van der Waals surface area (Å²) in [6, 6.07) is 0.745. The second kappa shape index (κ2) is 6.36. The topological polar surface area (TPSA) is 36.3 Å². The van der Waals surface area contributed by atoms with E-state index in [1.165, 1.54) is 49.4 Å². The average molecular weight is 291 g/mol. The monoisotopic (exact) mass is 291 g/mol. The van der Waals surface area contributed by atoms with Crippen molar-refractivity contribution in [3.05, 3.63) is 11.3 Å². The highest BCUT2D eigenvalue weighted by Crippen LogP contribution is 2.28. The van der Waals surface area contributed by atoms with Crippen LogP contribution in [0.2, 0.25) is 0 Å². The summed E-state index contributed by atoms with van der Waals surface area (Å²) >= 11 is 0. The summed E-state index contributed by atoms with van der Waals surface area (Å²) in [6.45, 7) is 11.0. The van der Waals surface area contributed by atoms with Crippen molar-refractivity contribution < 1.29 is 0 Å². The maximum absolute atomic E-state index is 4.66. The predicted molar refractivity (Wildman–Crippen MR) is 86.8 cm³/mol. The fourth-order valence-corrected chi connectivity index (χ4v) is 3.89. The maximum Gasteiger partial charge on any atom is 0.131 e. The lowest BCUT2D eigenvalue weighted by Gasteiger charge is -2.45. The number of hydrogen-bond donors (Lipinski definition) is 1. The summed E-state index contributed by atoms with van der Waals surface area (Å²) in [7, 11) is 2.09. The first kappa shape index (κ1) is 14.9. The molecular weight excluding hydrogens is 262 g/mol. The number of fused-ring (bicyclic) bond motifs is 1. The number of anilines is 1. The van der Waals surface area contributed by atoms with Gasteiger partial charge >= 0.3 is 0 Å². The van der Waals surface area contributed by atoms with Gasteiger partial charge in [-0.2, -0.15) is 5.10 Å². The normalized spacial score (nSPS) is 23.4. The summed E-state index contributed by atoms with van der Waals surface area (Å²) in [5, 5.41) is 8.13. The molecule has 5 heteroatoms. The summed E-state index contributed by atoms with van der Waals surface area (Å²) in [4.78, 5) is 5.26. The van der Waals surface area contributed by atoms with Gasteiger partial charge < -0.3 is 10.2 Å². The molecule has 0 aliphatic carbocycles. The zero-order chi connectivity index (χ0) is 14.8. The van der Waals surface area contributed by atoms with Gasteiger partial charge in [-0.3, -0.25) is 9.58 Å². The third kappa shape index (κ3) is 2.94. The van der Waals surface area contributed by atoms with E-state index in [9.17, 15) is 0 Å². The van der Waals surface area contributed by atoms with E-state index in [1.807, 2.05) is 0 Å². The summed E-state index contributed by atoms with van der Waals surface area (Å²) in [5.74, 6) is 1.33. The Labute approximate surface area is 128 Å². The van der Waals surface area contributed by atoms with Gasteiger partial charge in [-0.15, -0.1) is 0 Å². The Morgan fingerprint density at radius 3 is 2.90 bits per heavy atom. The van der Waals surface area contributed by atoms with Gasteiger partial charge in [0.05, 0.1) is 5.69 Å². The molecule has 0 spiro atoms. The number of nitrogens with one attached hydrogen (secondary N) is 1. The van der Waals surface area contributed by atoms with Crippen LogP contribution in [0.3, 0.4) is 0 Å². The minimum Gasteiger partial charge on any atom is -0.354 e. The summed E-state index contributed by atoms with van der Waals surface area (Å²) in [5.41, 5.74) is 2.54. The van der Waals surface area contributed by atoms with Gasteiger partial charge in [0.15, 0.2) is 0 Å². The quantitative estimate of drug-likeness (QED) is 0.912. The zero-order valence-corrected chi connectivity index (χ0v) is 13.7. The van der Waals surface area contributed by atoms with Crippen LogP contribution in [0.5, 0.6) is 0 Å². The van der Waals surface area contributed by atoms with Gasteiger partial charge in [0.25, 0.3) is 0 Å². The Bertz CT molecular complexity index is 481. The largest absolute Gasteiger partial charge is 0.354 e. The molecule has 21 heavy (non-hydrogen) atoms. The first-order valence-corrected chi connectivity index (χ1v) is 8.43. The van der Waals surface area contributed by atoms with E-state index >= 15 is 0 Å². The number of aryl methyl sites for hydroxylation is 2. The number of nitrogens with zero attached hydrogens (tertiary/aromatic N) is 4. The minimum atomic E-state index is 0.745. The van der Waals surface area contributed by atoms with Crippen LogP contribution in [0.1, 0.15) is 37.4 Å². The van der Waals surface area contributed by atoms with Gasteiger partial charge in [0.2, 0.25) is 0 Å². The zero-order valence-electron chi connectivity index (χ0n) is 13.7. The predicted octanol–water partition coefficient (Wildman–Crippen LogP) is 1.51. The molecule has 2 aliphatic rings. The highest BCUT2D eigenvalue weighted by molar-refractivity contribution is 5.51. The van der Waals surface area contributed by atoms with Crippen LogP contribution in [0.4, 0.5) is 5.82 Å². The van der Waals surface area contributed by atoms with Crippen molar-refractivity contribution in [3.63, 3.8) is 0 Å². The molecule has 1 atom stereocenters. The lowest BCUT2D eigenvalue weighted by molar-refractivity contribution is 0.132. The Morgan fingerprint density at radius 2 is 2.10 bits per heavy atom. The van der Waals surface area contributed by atoms with E-state index in [4.69, 9.17) is 0 Å². The standard InChI is InChI=1S/C16H29N5/c1-4-17-11-15-13(2)18-19(3)16(15)21-10-9-20-8-6-5-7-14(20)12-21/h14,17H,4-12H2,1-3H3. The second-order valence-electron chi connectivity index (χ2n) is 6.42. The van der Waals surface area contributed by atoms with E-state index in [-0.39, 0.29) is 0 Å². The molecule has 1 aromatic rings. The van der Waals surface area contributed by atoms with Crippen LogP contribution in [0.15, 0.2) is 0 Å². The van der Waals surface area contributed by atoms with E-state index in [0.29, 0.717) is 0 Å². The number of aromatic nitrogens is 2. The Kier molecular flexibility index (Phi) is 4.50. The molecule has 1 N–H and O–H groups in total. The van der Waals surface area contributed by atoms with Crippen LogP contribution >= 0.6 is 0 Å². The molecule has 0 radical (unpaired) electrons. The van der Waals surface area contributed by atoms with Crippen LogP contribution in [0, 0.1) is 6.92 Å². The molecule has 1 aromatic heterocycles. The first-order chi connectivity index (χ1) is 10.2. The molecule has 2 fully saturated rings. The maximum atomic E-state index is 4.66. The van der Waals surface area contributed by atoms with Gasteiger partial charge in [-0.25, -0.2) is 0 Å². The van der Waals surface area contributed by atoms with Crippen molar-refractivity contribution >= 4 is 5.82 Å². The second-order valence-corrected chi connectivity index (χ2v) is 6.42. The van der Waals surface area contributed by atoms with Crippen LogP contribution in [-0.4, -0.2) is 53.4 Å². The van der Waals surface area contributed by atoms with E-state index in [1.54, 1.807) is 0 Å². The molecule has 3 rings (SSSR count).